The highest BCUT2D eigenvalue weighted by Crippen LogP contribution is 2.25. The van der Waals surface area contributed by atoms with Crippen LogP contribution in [0.5, 0.6) is 0 Å². The van der Waals surface area contributed by atoms with Crippen LogP contribution in [-0.2, 0) is 21.9 Å². The van der Waals surface area contributed by atoms with E-state index in [0.29, 0.717) is 29.2 Å². The molecule has 2 aromatic carbocycles. The van der Waals surface area contributed by atoms with Crippen molar-refractivity contribution in [3.05, 3.63) is 58.4 Å². The third kappa shape index (κ3) is 4.02. The van der Waals surface area contributed by atoms with Gasteiger partial charge in [-0.3, -0.25) is 4.79 Å². The van der Waals surface area contributed by atoms with Gasteiger partial charge in [0.2, 0.25) is 10.0 Å². The Morgan fingerprint density at radius 2 is 1.97 bits per heavy atom. The van der Waals surface area contributed by atoms with Crippen LogP contribution >= 0.6 is 22.9 Å². The van der Waals surface area contributed by atoms with Gasteiger partial charge in [-0.25, -0.2) is 8.42 Å². The molecule has 4 rings (SSSR count). The summed E-state index contributed by atoms with van der Waals surface area (Å²) in [5, 5.41) is 0.631. The van der Waals surface area contributed by atoms with Gasteiger partial charge in [-0.2, -0.15) is 9.30 Å². The monoisotopic (exact) mass is 449 g/mol. The molecular weight excluding hydrogens is 430 g/mol. The quantitative estimate of drug-likeness (QED) is 0.615. The number of sulfonamides is 1. The molecule has 1 aliphatic rings. The third-order valence-electron chi connectivity index (χ3n) is 5.09. The van der Waals surface area contributed by atoms with Crippen molar-refractivity contribution in [3.63, 3.8) is 0 Å². The standard InChI is InChI=1S/C20H20ClN3O3S2/c1-23-17-10-9-15(21)12-18(17)28-20(23)22-19(25)14-6-5-11-24(13-14)29(26,27)16-7-3-2-4-8-16/h2-4,7-10,12,14H,5-6,11,13H2,1H3. The number of benzene rings is 2. The van der Waals surface area contributed by atoms with Crippen LogP contribution in [0.1, 0.15) is 12.8 Å². The van der Waals surface area contributed by atoms with Gasteiger partial charge in [0, 0.05) is 25.2 Å². The van der Waals surface area contributed by atoms with Crippen LogP contribution in [0.2, 0.25) is 5.02 Å². The minimum atomic E-state index is -3.61. The molecule has 1 aromatic heterocycles. The maximum absolute atomic E-state index is 12.9. The molecule has 1 fully saturated rings. The summed E-state index contributed by atoms with van der Waals surface area (Å²) in [6, 6.07) is 13.9. The molecule has 1 amide bonds. The summed E-state index contributed by atoms with van der Waals surface area (Å²) in [7, 11) is -1.76. The molecule has 1 aliphatic heterocycles. The number of carbonyl (C=O) groups excluding carboxylic acids is 1. The number of carbonyl (C=O) groups is 1. The summed E-state index contributed by atoms with van der Waals surface area (Å²) in [5.41, 5.74) is 0.947. The molecular formula is C20H20ClN3O3S2. The van der Waals surface area contributed by atoms with E-state index in [1.54, 1.807) is 36.4 Å². The average molecular weight is 450 g/mol. The lowest BCUT2D eigenvalue weighted by atomic mass is 9.99. The molecule has 152 valence electrons. The van der Waals surface area contributed by atoms with E-state index in [9.17, 15) is 13.2 Å². The number of hydrogen-bond donors (Lipinski definition) is 0. The Morgan fingerprint density at radius 1 is 1.21 bits per heavy atom. The number of hydrogen-bond acceptors (Lipinski definition) is 4. The summed E-state index contributed by atoms with van der Waals surface area (Å²) in [6.07, 6.45) is 1.26. The van der Waals surface area contributed by atoms with Gasteiger partial charge >= 0.3 is 0 Å². The van der Waals surface area contributed by atoms with Crippen LogP contribution in [0.4, 0.5) is 0 Å². The summed E-state index contributed by atoms with van der Waals surface area (Å²) >= 11 is 7.45. The topological polar surface area (TPSA) is 71.7 Å². The Hall–Kier alpha value is -2.00. The second kappa shape index (κ2) is 8.02. The number of amides is 1. The first-order chi connectivity index (χ1) is 13.9. The molecule has 0 spiro atoms. The van der Waals surface area contributed by atoms with Crippen LogP contribution in [0.25, 0.3) is 10.2 Å². The zero-order valence-corrected chi connectivity index (χ0v) is 18.2. The van der Waals surface area contributed by atoms with Crippen molar-refractivity contribution in [1.29, 1.82) is 0 Å². The Bertz CT molecular complexity index is 1230. The fraction of sp³-hybridized carbons (Fsp3) is 0.300. The zero-order chi connectivity index (χ0) is 20.6. The lowest BCUT2D eigenvalue weighted by Gasteiger charge is -2.30. The molecule has 6 nitrogen and oxygen atoms in total. The largest absolute Gasteiger partial charge is 0.319 e. The Labute approximate surface area is 178 Å². The van der Waals surface area contributed by atoms with Gasteiger partial charge in [0.05, 0.1) is 21.0 Å². The highest BCUT2D eigenvalue weighted by atomic mass is 35.5. The molecule has 1 atom stereocenters. The predicted molar refractivity (Wildman–Crippen MR) is 114 cm³/mol. The summed E-state index contributed by atoms with van der Waals surface area (Å²) in [4.78, 5) is 18.0. The van der Waals surface area contributed by atoms with Crippen molar-refractivity contribution < 1.29 is 13.2 Å². The van der Waals surface area contributed by atoms with Gasteiger partial charge in [0.1, 0.15) is 0 Å². The number of nitrogens with zero attached hydrogens (tertiary/aromatic N) is 3. The molecule has 0 saturated carbocycles. The van der Waals surface area contributed by atoms with E-state index in [2.05, 4.69) is 4.99 Å². The van der Waals surface area contributed by atoms with Gasteiger partial charge in [-0.1, -0.05) is 41.1 Å². The van der Waals surface area contributed by atoms with Crippen molar-refractivity contribution in [2.45, 2.75) is 17.7 Å². The van der Waals surface area contributed by atoms with E-state index >= 15 is 0 Å². The summed E-state index contributed by atoms with van der Waals surface area (Å²) < 4.78 is 30.0. The van der Waals surface area contributed by atoms with Gasteiger partial charge < -0.3 is 4.57 Å². The first-order valence-electron chi connectivity index (χ1n) is 9.25. The molecule has 3 aromatic rings. The normalized spacial score (nSPS) is 19.0. The fourth-order valence-electron chi connectivity index (χ4n) is 3.50. The molecule has 29 heavy (non-hydrogen) atoms. The number of aromatic nitrogens is 1. The van der Waals surface area contributed by atoms with Gasteiger partial charge in [-0.15, -0.1) is 0 Å². The lowest BCUT2D eigenvalue weighted by molar-refractivity contribution is -0.122. The Kier molecular flexibility index (Phi) is 5.61. The SMILES string of the molecule is Cn1c(=NC(=O)C2CCCN(S(=O)(=O)c3ccccc3)C2)sc2cc(Cl)ccc21. The van der Waals surface area contributed by atoms with E-state index < -0.39 is 15.9 Å². The molecule has 0 bridgehead atoms. The van der Waals surface area contributed by atoms with Gasteiger partial charge in [0.15, 0.2) is 4.80 Å². The van der Waals surface area contributed by atoms with Crippen molar-refractivity contribution in [2.24, 2.45) is 18.0 Å². The van der Waals surface area contributed by atoms with Crippen LogP contribution in [0, 0.1) is 5.92 Å². The van der Waals surface area contributed by atoms with Crippen LogP contribution in [0.15, 0.2) is 58.4 Å². The van der Waals surface area contributed by atoms with E-state index in [1.807, 2.05) is 23.7 Å². The number of halogens is 1. The van der Waals surface area contributed by atoms with Crippen molar-refractivity contribution >= 4 is 49.1 Å². The lowest BCUT2D eigenvalue weighted by Crippen LogP contribution is -2.42. The Balaban J connectivity index is 1.60. The van der Waals surface area contributed by atoms with Crippen molar-refractivity contribution in [3.8, 4) is 0 Å². The number of thiazole rings is 1. The second-order valence-corrected chi connectivity index (χ2v) is 10.4. The Morgan fingerprint density at radius 3 is 2.72 bits per heavy atom. The first-order valence-corrected chi connectivity index (χ1v) is 11.9. The predicted octanol–water partition coefficient (Wildman–Crippen LogP) is 3.42. The molecule has 1 saturated heterocycles. The molecule has 1 unspecified atom stereocenters. The van der Waals surface area contributed by atoms with Crippen molar-refractivity contribution in [2.75, 3.05) is 13.1 Å². The number of rotatable bonds is 3. The molecule has 0 N–H and O–H groups in total. The maximum Gasteiger partial charge on any atom is 0.252 e. The van der Waals surface area contributed by atoms with E-state index in [-0.39, 0.29) is 17.3 Å². The van der Waals surface area contributed by atoms with Crippen LogP contribution in [-0.4, -0.2) is 36.3 Å². The summed E-state index contributed by atoms with van der Waals surface area (Å²) in [6.45, 7) is 0.566. The highest BCUT2D eigenvalue weighted by molar-refractivity contribution is 7.89. The highest BCUT2D eigenvalue weighted by Gasteiger charge is 2.33. The van der Waals surface area contributed by atoms with Crippen molar-refractivity contribution in [1.82, 2.24) is 8.87 Å². The molecule has 0 aliphatic carbocycles. The van der Waals surface area contributed by atoms with Crippen LogP contribution in [0.3, 0.4) is 0 Å². The minimum Gasteiger partial charge on any atom is -0.319 e. The number of piperidine rings is 1. The first kappa shape index (κ1) is 20.3. The number of fused-ring (bicyclic) bond motifs is 1. The molecule has 2 heterocycles. The summed E-state index contributed by atoms with van der Waals surface area (Å²) in [5.74, 6) is -0.734. The van der Waals surface area contributed by atoms with Crippen LogP contribution < -0.4 is 4.80 Å². The average Bonchev–Trinajstić information content (AvgIpc) is 3.03. The zero-order valence-electron chi connectivity index (χ0n) is 15.8. The van der Waals surface area contributed by atoms with E-state index in [1.165, 1.54) is 15.6 Å². The van der Waals surface area contributed by atoms with E-state index in [0.717, 1.165) is 10.2 Å². The van der Waals surface area contributed by atoms with E-state index in [4.69, 9.17) is 11.6 Å². The molecule has 0 radical (unpaired) electrons. The smallest absolute Gasteiger partial charge is 0.252 e. The third-order valence-corrected chi connectivity index (χ3v) is 8.30. The second-order valence-electron chi connectivity index (χ2n) is 7.02. The minimum absolute atomic E-state index is 0.153. The molecule has 9 heteroatoms. The fourth-order valence-corrected chi connectivity index (χ4v) is 6.35. The van der Waals surface area contributed by atoms with Gasteiger partial charge in [-0.05, 0) is 43.2 Å². The maximum atomic E-state index is 12.9. The number of aryl methyl sites for hydroxylation is 1. The van der Waals surface area contributed by atoms with Gasteiger partial charge in [0.25, 0.3) is 5.91 Å².